The SMILES string of the molecule is CCCCCCCC=C=CS(=O)c1ccccc1. The largest absolute Gasteiger partial charge is 0.249 e. The summed E-state index contributed by atoms with van der Waals surface area (Å²) in [4.78, 5) is 0.835. The molecule has 1 unspecified atom stereocenters. The van der Waals surface area contributed by atoms with Crippen LogP contribution >= 0.6 is 0 Å². The molecule has 0 aromatic heterocycles. The Bertz CT molecular complexity index is 402. The molecule has 0 aliphatic carbocycles. The zero-order valence-electron chi connectivity index (χ0n) is 11.1. The summed E-state index contributed by atoms with van der Waals surface area (Å²) in [7, 11) is -1.06. The summed E-state index contributed by atoms with van der Waals surface area (Å²) in [6.45, 7) is 2.22. The fourth-order valence-corrected chi connectivity index (χ4v) is 2.45. The van der Waals surface area contributed by atoms with Crippen LogP contribution in [0.3, 0.4) is 0 Å². The summed E-state index contributed by atoms with van der Waals surface area (Å²) < 4.78 is 11.8. The maximum absolute atomic E-state index is 11.8. The first-order chi connectivity index (χ1) is 8.84. The summed E-state index contributed by atoms with van der Waals surface area (Å²) in [5, 5.41) is 1.64. The van der Waals surface area contributed by atoms with Gasteiger partial charge in [0, 0.05) is 10.3 Å². The number of hydrogen-bond acceptors (Lipinski definition) is 1. The van der Waals surface area contributed by atoms with Crippen molar-refractivity contribution in [3.8, 4) is 0 Å². The predicted octanol–water partition coefficient (Wildman–Crippen LogP) is 4.82. The van der Waals surface area contributed by atoms with Crippen molar-refractivity contribution >= 4 is 10.8 Å². The van der Waals surface area contributed by atoms with Gasteiger partial charge >= 0.3 is 0 Å². The minimum Gasteiger partial charge on any atom is -0.249 e. The Kier molecular flexibility index (Phi) is 8.20. The van der Waals surface area contributed by atoms with Crippen LogP contribution in [0.5, 0.6) is 0 Å². The van der Waals surface area contributed by atoms with Gasteiger partial charge in [0.1, 0.15) is 0 Å². The lowest BCUT2D eigenvalue weighted by atomic mass is 10.1. The van der Waals surface area contributed by atoms with Crippen molar-refractivity contribution in [2.24, 2.45) is 0 Å². The summed E-state index contributed by atoms with van der Waals surface area (Å²) in [5.41, 5.74) is 3.02. The van der Waals surface area contributed by atoms with Crippen LogP contribution in [-0.2, 0) is 10.8 Å². The molecular formula is C16H22OS. The Morgan fingerprint density at radius 1 is 1.11 bits per heavy atom. The van der Waals surface area contributed by atoms with E-state index in [4.69, 9.17) is 0 Å². The molecule has 0 aliphatic rings. The van der Waals surface area contributed by atoms with Gasteiger partial charge in [-0.2, -0.15) is 0 Å². The van der Waals surface area contributed by atoms with E-state index in [-0.39, 0.29) is 0 Å². The molecule has 0 radical (unpaired) electrons. The van der Waals surface area contributed by atoms with Crippen molar-refractivity contribution in [1.82, 2.24) is 0 Å². The molecule has 1 aromatic rings. The maximum atomic E-state index is 11.8. The van der Waals surface area contributed by atoms with Crippen LogP contribution < -0.4 is 0 Å². The summed E-state index contributed by atoms with van der Waals surface area (Å²) in [5.74, 6) is 0. The molecule has 1 nitrogen and oxygen atoms in total. The van der Waals surface area contributed by atoms with E-state index in [2.05, 4.69) is 12.7 Å². The van der Waals surface area contributed by atoms with Crippen molar-refractivity contribution in [3.05, 3.63) is 47.5 Å². The van der Waals surface area contributed by atoms with E-state index in [0.717, 1.165) is 11.3 Å². The third kappa shape index (κ3) is 6.58. The zero-order chi connectivity index (χ0) is 13.1. The van der Waals surface area contributed by atoms with Gasteiger partial charge < -0.3 is 0 Å². The van der Waals surface area contributed by atoms with Crippen molar-refractivity contribution in [2.75, 3.05) is 0 Å². The first-order valence-electron chi connectivity index (χ1n) is 6.71. The van der Waals surface area contributed by atoms with Gasteiger partial charge in [0.05, 0.1) is 10.8 Å². The fourth-order valence-electron chi connectivity index (χ4n) is 1.67. The second-order valence-corrected chi connectivity index (χ2v) is 5.60. The molecule has 0 aliphatic heterocycles. The second-order valence-electron chi connectivity index (χ2n) is 4.30. The van der Waals surface area contributed by atoms with Crippen molar-refractivity contribution < 1.29 is 4.21 Å². The summed E-state index contributed by atoms with van der Waals surface area (Å²) in [6, 6.07) is 9.48. The average molecular weight is 262 g/mol. The predicted molar refractivity (Wildman–Crippen MR) is 78.9 cm³/mol. The van der Waals surface area contributed by atoms with Crippen molar-refractivity contribution in [2.45, 2.75) is 50.3 Å². The Balaban J connectivity index is 2.25. The monoisotopic (exact) mass is 262 g/mol. The number of benzene rings is 1. The molecule has 0 bridgehead atoms. The first-order valence-corrected chi connectivity index (χ1v) is 7.92. The van der Waals surface area contributed by atoms with Gasteiger partial charge in [-0.15, -0.1) is 5.73 Å². The quantitative estimate of drug-likeness (QED) is 0.485. The highest BCUT2D eigenvalue weighted by Crippen LogP contribution is 2.07. The van der Waals surface area contributed by atoms with E-state index < -0.39 is 10.8 Å². The molecule has 98 valence electrons. The average Bonchev–Trinajstić information content (AvgIpc) is 2.42. The van der Waals surface area contributed by atoms with Crippen LogP contribution in [0.2, 0.25) is 0 Å². The van der Waals surface area contributed by atoms with Gasteiger partial charge in [0.15, 0.2) is 0 Å². The number of unbranched alkanes of at least 4 members (excludes halogenated alkanes) is 5. The molecule has 1 aromatic carbocycles. The van der Waals surface area contributed by atoms with E-state index >= 15 is 0 Å². The van der Waals surface area contributed by atoms with Gasteiger partial charge in [0.25, 0.3) is 0 Å². The van der Waals surface area contributed by atoms with Gasteiger partial charge in [-0.1, -0.05) is 50.8 Å². The molecule has 18 heavy (non-hydrogen) atoms. The molecule has 0 amide bonds. The number of rotatable bonds is 8. The van der Waals surface area contributed by atoms with Crippen LogP contribution in [0.25, 0.3) is 0 Å². The Hall–Kier alpha value is -1.11. The van der Waals surface area contributed by atoms with Gasteiger partial charge in [-0.25, -0.2) is 4.21 Å². The molecule has 2 heteroatoms. The maximum Gasteiger partial charge on any atom is 0.0854 e. The third-order valence-corrected chi connectivity index (χ3v) is 3.81. The Morgan fingerprint density at radius 2 is 1.83 bits per heavy atom. The van der Waals surface area contributed by atoms with Gasteiger partial charge in [-0.3, -0.25) is 0 Å². The highest BCUT2D eigenvalue weighted by atomic mass is 32.2. The van der Waals surface area contributed by atoms with Crippen molar-refractivity contribution in [1.29, 1.82) is 0 Å². The zero-order valence-corrected chi connectivity index (χ0v) is 11.9. The minimum atomic E-state index is -1.06. The highest BCUT2D eigenvalue weighted by molar-refractivity contribution is 7.88. The molecule has 0 saturated heterocycles. The van der Waals surface area contributed by atoms with E-state index in [1.165, 1.54) is 32.1 Å². The van der Waals surface area contributed by atoms with E-state index in [0.29, 0.717) is 0 Å². The fraction of sp³-hybridized carbons (Fsp3) is 0.438. The Labute approximate surface area is 113 Å². The first kappa shape index (κ1) is 14.9. The van der Waals surface area contributed by atoms with E-state index in [1.807, 2.05) is 36.4 Å². The lowest BCUT2D eigenvalue weighted by Gasteiger charge is -1.95. The van der Waals surface area contributed by atoms with Crippen molar-refractivity contribution in [3.63, 3.8) is 0 Å². The summed E-state index contributed by atoms with van der Waals surface area (Å²) in [6.07, 6.45) is 9.46. The Morgan fingerprint density at radius 3 is 2.56 bits per heavy atom. The van der Waals surface area contributed by atoms with E-state index in [1.54, 1.807) is 5.41 Å². The molecule has 0 N–H and O–H groups in total. The lowest BCUT2D eigenvalue weighted by Crippen LogP contribution is -1.83. The molecule has 0 heterocycles. The van der Waals surface area contributed by atoms with Gasteiger partial charge in [-0.05, 0) is 31.1 Å². The van der Waals surface area contributed by atoms with Crippen LogP contribution in [0.15, 0.2) is 52.4 Å². The topological polar surface area (TPSA) is 17.1 Å². The second kappa shape index (κ2) is 9.87. The molecule has 0 saturated carbocycles. The highest BCUT2D eigenvalue weighted by Gasteiger charge is 1.95. The molecule has 1 rings (SSSR count). The lowest BCUT2D eigenvalue weighted by molar-refractivity contribution is 0.637. The standard InChI is InChI=1S/C16H22OS/c1-2-3-4-5-6-7-8-12-15-18(17)16-13-10-9-11-14-16/h8-11,13-15H,2-7H2,1H3. The van der Waals surface area contributed by atoms with Crippen LogP contribution in [0.1, 0.15) is 45.4 Å². The molecule has 0 fully saturated rings. The van der Waals surface area contributed by atoms with Crippen LogP contribution in [-0.4, -0.2) is 4.21 Å². The minimum absolute atomic E-state index is 0.835. The summed E-state index contributed by atoms with van der Waals surface area (Å²) >= 11 is 0. The smallest absolute Gasteiger partial charge is 0.0854 e. The number of allylic oxidation sites excluding steroid dienone is 1. The van der Waals surface area contributed by atoms with Gasteiger partial charge in [0.2, 0.25) is 0 Å². The normalized spacial score (nSPS) is 11.6. The molecule has 0 spiro atoms. The third-order valence-electron chi connectivity index (χ3n) is 2.72. The van der Waals surface area contributed by atoms with Crippen LogP contribution in [0.4, 0.5) is 0 Å². The molecule has 1 atom stereocenters. The van der Waals surface area contributed by atoms with Crippen LogP contribution in [0, 0.1) is 0 Å². The molecular weight excluding hydrogens is 240 g/mol. The van der Waals surface area contributed by atoms with E-state index in [9.17, 15) is 4.21 Å². The number of hydrogen-bond donors (Lipinski definition) is 0.